The molecule has 0 saturated heterocycles. The number of rotatable bonds is 3. The van der Waals surface area contributed by atoms with E-state index in [1.807, 2.05) is 6.08 Å². The summed E-state index contributed by atoms with van der Waals surface area (Å²) in [4.78, 5) is 0. The minimum absolute atomic E-state index is 0. The van der Waals surface area contributed by atoms with Gasteiger partial charge in [0.05, 0.1) is 0 Å². The van der Waals surface area contributed by atoms with Gasteiger partial charge in [0, 0.05) is 0 Å². The Labute approximate surface area is 93.4 Å². The van der Waals surface area contributed by atoms with Crippen LogP contribution in [0, 0.1) is 11.3 Å². The molecule has 0 aliphatic rings. The maximum Gasteiger partial charge on any atom is 2.00 e. The summed E-state index contributed by atoms with van der Waals surface area (Å²) in [6.07, 6.45) is 3.16. The molecule has 0 aliphatic carbocycles. The summed E-state index contributed by atoms with van der Waals surface area (Å²) in [6, 6.07) is 0. The topological polar surface area (TPSA) is 0 Å². The van der Waals surface area contributed by atoms with Crippen molar-refractivity contribution in [3.8, 4) is 0 Å². The zero-order valence-corrected chi connectivity index (χ0v) is 10.2. The van der Waals surface area contributed by atoms with E-state index in [1.54, 1.807) is 0 Å². The Balaban J connectivity index is -0.000000320. The first-order chi connectivity index (χ1) is 3.98. The molecule has 0 rings (SSSR count). The second-order valence-electron chi connectivity index (χ2n) is 3.58. The quantitative estimate of drug-likeness (QED) is 0.325. The van der Waals surface area contributed by atoms with E-state index >= 15 is 0 Å². The predicted octanol–water partition coefficient (Wildman–Crippen LogP) is -0.174. The monoisotopic (exact) mass is 184 g/mol. The van der Waals surface area contributed by atoms with Crippen LogP contribution < -0.4 is 12.4 Å². The maximum atomic E-state index is 3.77. The van der Waals surface area contributed by atoms with Gasteiger partial charge in [-0.1, -0.05) is 19.9 Å². The fraction of sp³-hybridized carbons (Fsp3) is 0.667. The summed E-state index contributed by atoms with van der Waals surface area (Å²) in [6.45, 7) is 12.5. The predicted molar refractivity (Wildman–Crippen MR) is 48.9 cm³/mol. The molecule has 0 spiro atoms. The van der Waals surface area contributed by atoms with E-state index in [4.69, 9.17) is 0 Å². The van der Waals surface area contributed by atoms with Crippen LogP contribution in [0.4, 0.5) is 0 Å². The van der Waals surface area contributed by atoms with Crippen LogP contribution >= 0.6 is 0 Å². The van der Waals surface area contributed by atoms with Crippen LogP contribution in [-0.2, 0) is 0 Å². The Morgan fingerprint density at radius 1 is 1.36 bits per heavy atom. The molecule has 11 heavy (non-hydrogen) atoms. The SMILES string of the molecule is C=CC(C)(C)C[C-](C)C.[Cl-].[Mg+2]. The van der Waals surface area contributed by atoms with E-state index in [2.05, 4.69) is 34.3 Å². The van der Waals surface area contributed by atoms with Crippen molar-refractivity contribution in [3.05, 3.63) is 18.6 Å². The van der Waals surface area contributed by atoms with Gasteiger partial charge < -0.3 is 18.3 Å². The van der Waals surface area contributed by atoms with E-state index in [1.165, 1.54) is 5.92 Å². The minimum Gasteiger partial charge on any atom is -1.00 e. The normalized spacial score (nSPS) is 9.91. The summed E-state index contributed by atoms with van der Waals surface area (Å²) in [5, 5.41) is 0. The first-order valence-electron chi connectivity index (χ1n) is 3.40. The summed E-state index contributed by atoms with van der Waals surface area (Å²) >= 11 is 0. The van der Waals surface area contributed by atoms with Crippen LogP contribution in [0.25, 0.3) is 0 Å². The van der Waals surface area contributed by atoms with Gasteiger partial charge in [-0.15, -0.1) is 6.58 Å². The summed E-state index contributed by atoms with van der Waals surface area (Å²) < 4.78 is 0. The van der Waals surface area contributed by atoms with Crippen molar-refractivity contribution in [1.29, 1.82) is 0 Å². The van der Waals surface area contributed by atoms with Crippen LogP contribution in [0.3, 0.4) is 0 Å². The van der Waals surface area contributed by atoms with Gasteiger partial charge in [-0.05, 0) is 5.41 Å². The molecule has 0 aromatic rings. The minimum atomic E-state index is 0. The van der Waals surface area contributed by atoms with E-state index in [-0.39, 0.29) is 35.5 Å². The van der Waals surface area contributed by atoms with Crippen molar-refractivity contribution in [2.24, 2.45) is 5.41 Å². The first-order valence-corrected chi connectivity index (χ1v) is 3.40. The molecular weight excluding hydrogens is 168 g/mol. The molecule has 62 valence electrons. The van der Waals surface area contributed by atoms with Gasteiger partial charge in [-0.25, -0.2) is 0 Å². The smallest absolute Gasteiger partial charge is 1.00 e. The third kappa shape index (κ3) is 10.8. The molecule has 0 unspecified atom stereocenters. The third-order valence-corrected chi connectivity index (χ3v) is 1.36. The summed E-state index contributed by atoms with van der Waals surface area (Å²) in [5.41, 5.74) is 0.291. The van der Waals surface area contributed by atoms with Gasteiger partial charge in [0.1, 0.15) is 0 Å². The van der Waals surface area contributed by atoms with E-state index in [0.29, 0.717) is 5.41 Å². The summed E-state index contributed by atoms with van der Waals surface area (Å²) in [7, 11) is 0. The van der Waals surface area contributed by atoms with Gasteiger partial charge in [0.2, 0.25) is 0 Å². The van der Waals surface area contributed by atoms with Crippen molar-refractivity contribution in [1.82, 2.24) is 0 Å². The Bertz CT molecular complexity index is 97.7. The van der Waals surface area contributed by atoms with Crippen molar-refractivity contribution in [2.75, 3.05) is 0 Å². The van der Waals surface area contributed by atoms with Gasteiger partial charge in [-0.2, -0.15) is 20.3 Å². The van der Waals surface area contributed by atoms with Gasteiger partial charge in [-0.3, -0.25) is 0 Å². The van der Waals surface area contributed by atoms with Crippen molar-refractivity contribution in [2.45, 2.75) is 34.1 Å². The fourth-order valence-electron chi connectivity index (χ4n) is 0.983. The van der Waals surface area contributed by atoms with E-state index < -0.39 is 0 Å². The standard InChI is InChI=1S/C9H17.ClH.Mg/c1-6-9(4,5)7-8(2)3;;/h6H,1,7H2,2-5H3;1H;/q-1;;+2/p-1. The number of hydrogen-bond acceptors (Lipinski definition) is 0. The molecule has 0 aromatic carbocycles. The molecule has 0 radical (unpaired) electrons. The molecule has 2 heteroatoms. The van der Waals surface area contributed by atoms with Crippen LogP contribution in [0.1, 0.15) is 34.1 Å². The molecule has 0 aromatic heterocycles. The molecular formula is C9H17ClMg. The van der Waals surface area contributed by atoms with Crippen molar-refractivity contribution < 1.29 is 12.4 Å². The van der Waals surface area contributed by atoms with Crippen molar-refractivity contribution >= 4 is 23.1 Å². The maximum absolute atomic E-state index is 3.77. The first kappa shape index (κ1) is 17.8. The number of halogens is 1. The largest absolute Gasteiger partial charge is 2.00 e. The van der Waals surface area contributed by atoms with Gasteiger partial charge in [0.25, 0.3) is 0 Å². The van der Waals surface area contributed by atoms with Crippen LogP contribution in [-0.4, -0.2) is 23.1 Å². The van der Waals surface area contributed by atoms with Crippen molar-refractivity contribution in [3.63, 3.8) is 0 Å². The third-order valence-electron chi connectivity index (χ3n) is 1.36. The Kier molecular flexibility index (Phi) is 12.0. The Morgan fingerprint density at radius 2 is 1.73 bits per heavy atom. The van der Waals surface area contributed by atoms with E-state index in [0.717, 1.165) is 6.42 Å². The molecule has 0 fully saturated rings. The molecule has 0 heterocycles. The van der Waals surface area contributed by atoms with Gasteiger partial charge >= 0.3 is 23.1 Å². The number of allylic oxidation sites excluding steroid dienone is 1. The molecule has 0 aliphatic heterocycles. The van der Waals surface area contributed by atoms with Crippen LogP contribution in [0.15, 0.2) is 12.7 Å². The summed E-state index contributed by atoms with van der Waals surface area (Å²) in [5.74, 6) is 1.47. The zero-order valence-electron chi connectivity index (χ0n) is 8.08. The van der Waals surface area contributed by atoms with Crippen LogP contribution in [0.2, 0.25) is 0 Å². The van der Waals surface area contributed by atoms with Gasteiger partial charge in [0.15, 0.2) is 0 Å². The average molecular weight is 185 g/mol. The molecule has 0 nitrogen and oxygen atoms in total. The molecule has 0 N–H and O–H groups in total. The average Bonchev–Trinajstić information content (AvgIpc) is 1.63. The molecule has 0 atom stereocenters. The molecule has 0 amide bonds. The molecule has 0 bridgehead atoms. The number of hydrogen-bond donors (Lipinski definition) is 0. The zero-order chi connectivity index (χ0) is 7.49. The molecule has 0 saturated carbocycles. The Hall–Kier alpha value is 0.796. The fourth-order valence-corrected chi connectivity index (χ4v) is 0.983. The second-order valence-corrected chi connectivity index (χ2v) is 3.58. The van der Waals surface area contributed by atoms with Crippen LogP contribution in [0.5, 0.6) is 0 Å². The Morgan fingerprint density at radius 3 is 1.82 bits per heavy atom. The van der Waals surface area contributed by atoms with E-state index in [9.17, 15) is 0 Å². The second kappa shape index (κ2) is 7.45.